The Bertz CT molecular complexity index is 1700. The van der Waals surface area contributed by atoms with E-state index in [1.807, 2.05) is 30.3 Å². The van der Waals surface area contributed by atoms with Crippen molar-refractivity contribution in [3.05, 3.63) is 36.5 Å². The number of aliphatic carboxylic acids is 1. The number of hydrogen-bond donors (Lipinski definition) is 8. The molecular weight excluding hydrogens is 786 g/mol. The monoisotopic (exact) mass is 847 g/mol. The van der Waals surface area contributed by atoms with E-state index in [1.54, 1.807) is 6.20 Å². The second kappa shape index (κ2) is 21.1. The van der Waals surface area contributed by atoms with Gasteiger partial charge in [-0.15, -0.1) is 5.10 Å². The number of nitrogens with two attached hydrogens (primary N) is 1. The van der Waals surface area contributed by atoms with E-state index < -0.39 is 110 Å². The van der Waals surface area contributed by atoms with Crippen molar-refractivity contribution in [2.75, 3.05) is 13.2 Å². The summed E-state index contributed by atoms with van der Waals surface area (Å²) in [7, 11) is 0. The van der Waals surface area contributed by atoms with E-state index in [9.17, 15) is 45.0 Å². The first-order valence-electron chi connectivity index (χ1n) is 21.1. The first kappa shape index (κ1) is 46.0. The largest absolute Gasteiger partial charge is 0.479 e. The SMILES string of the molecule is CC(=O)NC1C(O[C@@H](CC2CCCCC2)C(=O)O)[C@@H](O)[C@H](CO)O[C@H]1O[C@@H]1CC(C(=O)CCCN)CC(n2cc(-c3ccccc3)nn2)[C@H]1O[C@@H]1OC(C)[C@@H](O)[C@H](O)C1O. The van der Waals surface area contributed by atoms with Crippen LogP contribution < -0.4 is 11.1 Å². The molecule has 334 valence electrons. The molecule has 19 heteroatoms. The molecule has 2 aliphatic carbocycles. The maximum Gasteiger partial charge on any atom is 0.332 e. The lowest BCUT2D eigenvalue weighted by molar-refractivity contribution is -0.337. The number of amides is 1. The maximum absolute atomic E-state index is 13.9. The molecule has 2 aromatic rings. The van der Waals surface area contributed by atoms with Crippen LogP contribution in [0.5, 0.6) is 0 Å². The van der Waals surface area contributed by atoms with Gasteiger partial charge in [0, 0.05) is 24.8 Å². The highest BCUT2D eigenvalue weighted by Gasteiger charge is 2.53. The predicted molar refractivity (Wildman–Crippen MR) is 209 cm³/mol. The predicted octanol–water partition coefficient (Wildman–Crippen LogP) is 0.194. The average Bonchev–Trinajstić information content (AvgIpc) is 3.74. The van der Waals surface area contributed by atoms with Crippen LogP contribution in [0.3, 0.4) is 0 Å². The lowest BCUT2D eigenvalue weighted by Crippen LogP contribution is -2.67. The summed E-state index contributed by atoms with van der Waals surface area (Å²) in [6, 6.07) is 7.06. The van der Waals surface area contributed by atoms with Crippen molar-refractivity contribution < 1.29 is 68.7 Å². The topological polar surface area (TPSA) is 288 Å². The first-order chi connectivity index (χ1) is 28.8. The highest BCUT2D eigenvalue weighted by atomic mass is 16.7. The molecule has 1 aromatic heterocycles. The van der Waals surface area contributed by atoms with E-state index in [-0.39, 0.29) is 43.9 Å². The fraction of sp³-hybridized carbons (Fsp3) is 0.732. The Morgan fingerprint density at radius 2 is 1.68 bits per heavy atom. The van der Waals surface area contributed by atoms with Crippen molar-refractivity contribution in [2.45, 2.75) is 164 Å². The summed E-state index contributed by atoms with van der Waals surface area (Å²) in [4.78, 5) is 39.3. The van der Waals surface area contributed by atoms with E-state index in [0.29, 0.717) is 12.1 Å². The Morgan fingerprint density at radius 3 is 2.35 bits per heavy atom. The number of nitrogens with zero attached hydrogens (tertiary/aromatic N) is 3. The summed E-state index contributed by atoms with van der Waals surface area (Å²) in [5.41, 5.74) is 7.04. The summed E-state index contributed by atoms with van der Waals surface area (Å²) < 4.78 is 33.0. The Hall–Kier alpha value is -3.47. The lowest BCUT2D eigenvalue weighted by atomic mass is 9.78. The van der Waals surface area contributed by atoms with Gasteiger partial charge < -0.3 is 65.4 Å². The number of ether oxygens (including phenoxy) is 5. The number of ketones is 1. The average molecular weight is 848 g/mol. The first-order valence-corrected chi connectivity index (χ1v) is 21.1. The van der Waals surface area contributed by atoms with Crippen LogP contribution in [-0.4, -0.2) is 156 Å². The molecule has 6 unspecified atom stereocenters. The maximum atomic E-state index is 13.9. The number of carboxylic acids is 1. The molecule has 3 heterocycles. The van der Waals surface area contributed by atoms with Gasteiger partial charge in [0.05, 0.1) is 31.1 Å². The Labute approximate surface area is 348 Å². The standard InChI is InChI=1S/C41H61N5O14/c1-21-33(50)35(52)36(53)41(56-21)60-37-27(46-19-26(44-45-46)24-12-7-4-8-13-24)17-25(28(49)14-9-15-42)18-29(37)58-40-32(43-22(2)48)38(34(51)31(20-47)59-40)57-30(39(54)55)16-23-10-5-3-6-11-23/h4,7-8,12-13,19,21,23,25,27,29-38,40-41,47,50-53H,3,5-6,9-11,14-18,20,42H2,1-2H3,(H,43,48)(H,54,55)/t21?,25?,27?,29-,30+,31+,32?,33-,34+,35+,36?,37-,38?,40-,41+/m1/s1. The molecule has 1 amide bonds. The van der Waals surface area contributed by atoms with Gasteiger partial charge >= 0.3 is 5.97 Å². The summed E-state index contributed by atoms with van der Waals surface area (Å²) in [5.74, 6) is -2.57. The third kappa shape index (κ3) is 10.9. The second-order valence-electron chi connectivity index (χ2n) is 16.6. The molecule has 2 saturated heterocycles. The van der Waals surface area contributed by atoms with Crippen LogP contribution in [-0.2, 0) is 38.1 Å². The van der Waals surface area contributed by atoms with Crippen LogP contribution in [0.4, 0.5) is 0 Å². The molecule has 0 bridgehead atoms. The molecule has 4 fully saturated rings. The van der Waals surface area contributed by atoms with E-state index in [0.717, 1.165) is 37.7 Å². The number of nitrogens with one attached hydrogen (secondary N) is 1. The zero-order valence-corrected chi connectivity index (χ0v) is 34.1. The molecule has 2 aliphatic heterocycles. The van der Waals surface area contributed by atoms with E-state index in [1.165, 1.54) is 18.5 Å². The van der Waals surface area contributed by atoms with Gasteiger partial charge in [0.1, 0.15) is 60.2 Å². The number of carbonyl (C=O) groups is 3. The second-order valence-corrected chi connectivity index (χ2v) is 16.6. The summed E-state index contributed by atoms with van der Waals surface area (Å²) >= 11 is 0. The van der Waals surface area contributed by atoms with E-state index in [2.05, 4.69) is 15.6 Å². The molecule has 60 heavy (non-hydrogen) atoms. The molecule has 1 aromatic carbocycles. The number of carboxylic acid groups (broad SMARTS) is 1. The van der Waals surface area contributed by atoms with Crippen molar-refractivity contribution in [1.29, 1.82) is 0 Å². The lowest BCUT2D eigenvalue weighted by Gasteiger charge is -2.49. The van der Waals surface area contributed by atoms with Crippen molar-refractivity contribution in [3.8, 4) is 11.3 Å². The number of benzene rings is 1. The smallest absolute Gasteiger partial charge is 0.332 e. The van der Waals surface area contributed by atoms with Crippen LogP contribution in [0.1, 0.15) is 84.1 Å². The summed E-state index contributed by atoms with van der Waals surface area (Å²) in [6.07, 6.45) is -9.73. The van der Waals surface area contributed by atoms with Gasteiger partial charge in [0.15, 0.2) is 18.7 Å². The minimum absolute atomic E-state index is 0.00168. The molecule has 19 nitrogen and oxygen atoms in total. The minimum atomic E-state index is -1.72. The third-order valence-electron chi connectivity index (χ3n) is 12.3. The van der Waals surface area contributed by atoms with Gasteiger partial charge in [0.2, 0.25) is 5.91 Å². The number of aromatic nitrogens is 3. The number of aliphatic hydroxyl groups is 5. The number of carbonyl (C=O) groups excluding carboxylic acids is 2. The van der Waals surface area contributed by atoms with Crippen LogP contribution in [0.2, 0.25) is 0 Å². The van der Waals surface area contributed by atoms with Crippen LogP contribution in [0.25, 0.3) is 11.3 Å². The van der Waals surface area contributed by atoms with Gasteiger partial charge in [-0.05, 0) is 45.1 Å². The zero-order valence-electron chi connectivity index (χ0n) is 34.1. The van der Waals surface area contributed by atoms with E-state index >= 15 is 0 Å². The highest BCUT2D eigenvalue weighted by molar-refractivity contribution is 5.81. The van der Waals surface area contributed by atoms with Crippen molar-refractivity contribution in [1.82, 2.24) is 20.3 Å². The zero-order chi connectivity index (χ0) is 43.1. The minimum Gasteiger partial charge on any atom is -0.479 e. The molecule has 6 rings (SSSR count). The normalized spacial score (nSPS) is 35.7. The molecule has 9 N–H and O–H groups in total. The van der Waals surface area contributed by atoms with Gasteiger partial charge in [-0.2, -0.15) is 0 Å². The molecule has 15 atom stereocenters. The fourth-order valence-corrected chi connectivity index (χ4v) is 8.99. The number of aliphatic hydroxyl groups excluding tert-OH is 5. The van der Waals surface area contributed by atoms with Crippen LogP contribution in [0.15, 0.2) is 36.5 Å². The Kier molecular flexibility index (Phi) is 16.2. The summed E-state index contributed by atoms with van der Waals surface area (Å²) in [5, 5.41) is 76.2. The fourth-order valence-electron chi connectivity index (χ4n) is 8.99. The third-order valence-corrected chi connectivity index (χ3v) is 12.3. The van der Waals surface area contributed by atoms with E-state index in [4.69, 9.17) is 29.4 Å². The molecule has 0 radical (unpaired) electrons. The number of rotatable bonds is 17. The number of Topliss-reactive ketones (excluding diaryl/α,β-unsaturated/α-hetero) is 1. The van der Waals surface area contributed by atoms with Crippen LogP contribution >= 0.6 is 0 Å². The summed E-state index contributed by atoms with van der Waals surface area (Å²) in [6.45, 7) is 2.27. The molecule has 2 saturated carbocycles. The quantitative estimate of drug-likeness (QED) is 0.105. The Balaban J connectivity index is 1.39. The highest BCUT2D eigenvalue weighted by Crippen LogP contribution is 2.41. The number of hydrogen-bond acceptors (Lipinski definition) is 16. The molecule has 4 aliphatic rings. The molecule has 0 spiro atoms. The Morgan fingerprint density at radius 1 is 0.950 bits per heavy atom. The van der Waals surface area contributed by atoms with Gasteiger partial charge in [-0.3, -0.25) is 9.59 Å². The molecular formula is C41H61N5O14. The van der Waals surface area contributed by atoms with Crippen molar-refractivity contribution in [2.24, 2.45) is 17.6 Å². The van der Waals surface area contributed by atoms with Gasteiger partial charge in [-0.25, -0.2) is 9.48 Å². The van der Waals surface area contributed by atoms with Gasteiger partial charge in [-0.1, -0.05) is 67.6 Å². The van der Waals surface area contributed by atoms with Gasteiger partial charge in [0.25, 0.3) is 0 Å². The van der Waals surface area contributed by atoms with Crippen molar-refractivity contribution in [3.63, 3.8) is 0 Å². The van der Waals surface area contributed by atoms with Crippen LogP contribution in [0, 0.1) is 11.8 Å². The van der Waals surface area contributed by atoms with Crippen molar-refractivity contribution >= 4 is 17.7 Å².